The first-order chi connectivity index (χ1) is 9.19. The molecule has 0 aliphatic rings. The third-order valence-electron chi connectivity index (χ3n) is 2.74. The molecular weight excluding hydrogens is 246 g/mol. The van der Waals surface area contributed by atoms with Crippen molar-refractivity contribution in [2.45, 2.75) is 6.04 Å². The van der Waals surface area contributed by atoms with Crippen molar-refractivity contribution < 1.29 is 9.47 Å². The molecule has 0 aromatic carbocycles. The van der Waals surface area contributed by atoms with Gasteiger partial charge in [-0.2, -0.15) is 10.1 Å². The lowest BCUT2D eigenvalue weighted by molar-refractivity contribution is 0.353. The summed E-state index contributed by atoms with van der Waals surface area (Å²) in [6.45, 7) is 0. The fraction of sp³-hybridized carbons (Fsp3) is 0.417. The van der Waals surface area contributed by atoms with E-state index < -0.39 is 0 Å². The Hall–Kier alpha value is -2.15. The maximum Gasteiger partial charge on any atom is 0.240 e. The van der Waals surface area contributed by atoms with Crippen molar-refractivity contribution in [2.24, 2.45) is 7.05 Å². The summed E-state index contributed by atoms with van der Waals surface area (Å²) >= 11 is 0. The van der Waals surface area contributed by atoms with Gasteiger partial charge in [-0.3, -0.25) is 4.68 Å². The van der Waals surface area contributed by atoms with E-state index in [0.717, 1.165) is 5.69 Å². The molecule has 2 aromatic heterocycles. The summed E-state index contributed by atoms with van der Waals surface area (Å²) in [6, 6.07) is 1.74. The zero-order chi connectivity index (χ0) is 13.8. The molecule has 19 heavy (non-hydrogen) atoms. The van der Waals surface area contributed by atoms with Gasteiger partial charge in [0.25, 0.3) is 0 Å². The summed E-state index contributed by atoms with van der Waals surface area (Å²) in [5, 5.41) is 7.54. The van der Waals surface area contributed by atoms with Gasteiger partial charge in [0.2, 0.25) is 11.8 Å². The quantitative estimate of drug-likeness (QED) is 0.848. The molecule has 1 atom stereocenters. The molecule has 7 heteroatoms. The number of aromatic nitrogens is 4. The van der Waals surface area contributed by atoms with E-state index in [1.54, 1.807) is 18.0 Å². The molecule has 102 valence electrons. The molecule has 2 aromatic rings. The van der Waals surface area contributed by atoms with Crippen LogP contribution in [-0.4, -0.2) is 41.0 Å². The lowest BCUT2D eigenvalue weighted by Crippen LogP contribution is -2.21. The number of nitrogens with zero attached hydrogens (tertiary/aromatic N) is 4. The molecule has 0 amide bonds. The molecule has 7 nitrogen and oxygen atoms in total. The Balaban J connectivity index is 2.43. The summed E-state index contributed by atoms with van der Waals surface area (Å²) < 4.78 is 12.1. The summed E-state index contributed by atoms with van der Waals surface area (Å²) in [5.74, 6) is 0.834. The Labute approximate surface area is 111 Å². The van der Waals surface area contributed by atoms with Gasteiger partial charge in [0.15, 0.2) is 0 Å². The van der Waals surface area contributed by atoms with E-state index in [4.69, 9.17) is 9.47 Å². The van der Waals surface area contributed by atoms with Crippen LogP contribution in [0.3, 0.4) is 0 Å². The normalized spacial score (nSPS) is 12.2. The third-order valence-corrected chi connectivity index (χ3v) is 2.74. The largest absolute Gasteiger partial charge is 0.480 e. The van der Waals surface area contributed by atoms with Crippen molar-refractivity contribution in [3.63, 3.8) is 0 Å². The number of ether oxygens (including phenoxy) is 2. The van der Waals surface area contributed by atoms with Gasteiger partial charge in [0, 0.05) is 13.2 Å². The highest BCUT2D eigenvalue weighted by Gasteiger charge is 2.22. The van der Waals surface area contributed by atoms with Gasteiger partial charge in [-0.15, -0.1) is 0 Å². The number of rotatable bonds is 5. The Morgan fingerprint density at radius 3 is 2.63 bits per heavy atom. The standard InChI is InChI=1S/C12H17N5O2/c1-13-10(8-5-6-17(2)16-8)11-12(19-4)15-9(18-3)7-14-11/h5-7,10,13H,1-4H3. The average molecular weight is 263 g/mol. The van der Waals surface area contributed by atoms with Crippen LogP contribution in [0.5, 0.6) is 11.8 Å². The van der Waals surface area contributed by atoms with Gasteiger partial charge in [-0.05, 0) is 13.1 Å². The average Bonchev–Trinajstić information content (AvgIpc) is 2.86. The van der Waals surface area contributed by atoms with E-state index in [1.165, 1.54) is 7.11 Å². The van der Waals surface area contributed by atoms with E-state index in [1.807, 2.05) is 26.4 Å². The first-order valence-electron chi connectivity index (χ1n) is 5.81. The van der Waals surface area contributed by atoms with Crippen LogP contribution in [0, 0.1) is 0 Å². The molecule has 2 rings (SSSR count). The van der Waals surface area contributed by atoms with Crippen LogP contribution in [0.4, 0.5) is 0 Å². The van der Waals surface area contributed by atoms with E-state index in [0.29, 0.717) is 17.5 Å². The monoisotopic (exact) mass is 263 g/mol. The van der Waals surface area contributed by atoms with E-state index in [-0.39, 0.29) is 6.04 Å². The number of hydrogen-bond donors (Lipinski definition) is 1. The lowest BCUT2D eigenvalue weighted by Gasteiger charge is -2.16. The van der Waals surface area contributed by atoms with E-state index >= 15 is 0 Å². The second kappa shape index (κ2) is 5.66. The van der Waals surface area contributed by atoms with Crippen molar-refractivity contribution >= 4 is 0 Å². The SMILES string of the molecule is CNC(c1ccn(C)n1)c1ncc(OC)nc1OC. The minimum Gasteiger partial charge on any atom is -0.480 e. The molecule has 0 aliphatic carbocycles. The molecule has 0 bridgehead atoms. The lowest BCUT2D eigenvalue weighted by atomic mass is 10.1. The van der Waals surface area contributed by atoms with Gasteiger partial charge >= 0.3 is 0 Å². The number of methoxy groups -OCH3 is 2. The molecule has 0 saturated heterocycles. The minimum absolute atomic E-state index is 0.186. The van der Waals surface area contributed by atoms with Gasteiger partial charge in [0.1, 0.15) is 5.69 Å². The maximum absolute atomic E-state index is 5.27. The Bertz CT molecular complexity index is 555. The van der Waals surface area contributed by atoms with Crippen LogP contribution in [0.15, 0.2) is 18.5 Å². The maximum atomic E-state index is 5.27. The second-order valence-electron chi connectivity index (χ2n) is 3.94. The fourth-order valence-electron chi connectivity index (χ4n) is 1.82. The van der Waals surface area contributed by atoms with Crippen molar-refractivity contribution in [2.75, 3.05) is 21.3 Å². The van der Waals surface area contributed by atoms with Crippen molar-refractivity contribution in [3.05, 3.63) is 29.8 Å². The fourth-order valence-corrected chi connectivity index (χ4v) is 1.82. The van der Waals surface area contributed by atoms with E-state index in [9.17, 15) is 0 Å². The topological polar surface area (TPSA) is 74.1 Å². The summed E-state index contributed by atoms with van der Waals surface area (Å²) in [6.07, 6.45) is 3.44. The van der Waals surface area contributed by atoms with Crippen LogP contribution in [-0.2, 0) is 7.05 Å². The van der Waals surface area contributed by atoms with Crippen LogP contribution in [0.1, 0.15) is 17.4 Å². The first kappa shape index (κ1) is 13.3. The van der Waals surface area contributed by atoms with Crippen LogP contribution < -0.4 is 14.8 Å². The molecule has 0 saturated carbocycles. The third kappa shape index (κ3) is 2.65. The second-order valence-corrected chi connectivity index (χ2v) is 3.94. The summed E-state index contributed by atoms with van der Waals surface area (Å²) in [7, 11) is 6.80. The number of nitrogens with one attached hydrogen (secondary N) is 1. The van der Waals surface area contributed by atoms with E-state index in [2.05, 4.69) is 20.4 Å². The van der Waals surface area contributed by atoms with Crippen LogP contribution in [0.25, 0.3) is 0 Å². The highest BCUT2D eigenvalue weighted by molar-refractivity contribution is 5.31. The minimum atomic E-state index is -0.186. The highest BCUT2D eigenvalue weighted by Crippen LogP contribution is 2.26. The molecule has 0 aliphatic heterocycles. The Morgan fingerprint density at radius 2 is 2.11 bits per heavy atom. The highest BCUT2D eigenvalue weighted by atomic mass is 16.5. The van der Waals surface area contributed by atoms with Crippen molar-refractivity contribution in [3.8, 4) is 11.8 Å². The molecule has 1 N–H and O–H groups in total. The number of aryl methyl sites for hydroxylation is 1. The summed E-state index contributed by atoms with van der Waals surface area (Å²) in [5.41, 5.74) is 1.52. The zero-order valence-corrected chi connectivity index (χ0v) is 11.4. The van der Waals surface area contributed by atoms with Crippen LogP contribution in [0.2, 0.25) is 0 Å². The molecule has 2 heterocycles. The Morgan fingerprint density at radius 1 is 1.32 bits per heavy atom. The van der Waals surface area contributed by atoms with Gasteiger partial charge < -0.3 is 14.8 Å². The predicted octanol–water partition coefficient (Wildman–Crippen LogP) is 0.536. The predicted molar refractivity (Wildman–Crippen MR) is 69.2 cm³/mol. The Kier molecular flexibility index (Phi) is 3.96. The van der Waals surface area contributed by atoms with Gasteiger partial charge in [-0.1, -0.05) is 0 Å². The zero-order valence-electron chi connectivity index (χ0n) is 11.4. The molecular formula is C12H17N5O2. The smallest absolute Gasteiger partial charge is 0.240 e. The van der Waals surface area contributed by atoms with Gasteiger partial charge in [0.05, 0.1) is 32.2 Å². The van der Waals surface area contributed by atoms with Gasteiger partial charge in [-0.25, -0.2) is 4.98 Å². The molecule has 0 spiro atoms. The molecule has 0 radical (unpaired) electrons. The van der Waals surface area contributed by atoms with Crippen LogP contribution >= 0.6 is 0 Å². The van der Waals surface area contributed by atoms with Crippen molar-refractivity contribution in [1.29, 1.82) is 0 Å². The molecule has 0 fully saturated rings. The molecule has 1 unspecified atom stereocenters. The first-order valence-corrected chi connectivity index (χ1v) is 5.81. The number of hydrogen-bond acceptors (Lipinski definition) is 6. The van der Waals surface area contributed by atoms with Crippen molar-refractivity contribution in [1.82, 2.24) is 25.1 Å². The summed E-state index contributed by atoms with van der Waals surface area (Å²) in [4.78, 5) is 8.58.